The van der Waals surface area contributed by atoms with E-state index in [4.69, 9.17) is 0 Å². The first-order valence-corrected chi connectivity index (χ1v) is 9.00. The lowest BCUT2D eigenvalue weighted by molar-refractivity contribution is -0.130. The van der Waals surface area contributed by atoms with Crippen LogP contribution in [0.1, 0.15) is 12.5 Å². The van der Waals surface area contributed by atoms with Crippen molar-refractivity contribution in [2.75, 3.05) is 36.8 Å². The van der Waals surface area contributed by atoms with E-state index in [1.165, 1.54) is 0 Å². The molecule has 8 heteroatoms. The largest absolute Gasteiger partial charge is 0.340 e. The van der Waals surface area contributed by atoms with E-state index in [1.807, 2.05) is 23.1 Å². The number of nitrogens with zero attached hydrogens (tertiary/aromatic N) is 2. The molecule has 2 aromatic rings. The number of hydrogen-bond donors (Lipinski definition) is 2. The number of halogens is 2. The second-order valence-corrected chi connectivity index (χ2v) is 6.72. The van der Waals surface area contributed by atoms with E-state index in [1.54, 1.807) is 13.0 Å². The Kier molecular flexibility index (Phi) is 6.20. The predicted molar refractivity (Wildman–Crippen MR) is 103 cm³/mol. The minimum atomic E-state index is -0.762. The Morgan fingerprint density at radius 1 is 0.929 bits per heavy atom. The molecule has 0 saturated carbocycles. The van der Waals surface area contributed by atoms with E-state index < -0.39 is 17.7 Å². The van der Waals surface area contributed by atoms with Gasteiger partial charge in [-0.2, -0.15) is 0 Å². The number of urea groups is 1. The van der Waals surface area contributed by atoms with Crippen molar-refractivity contribution in [2.24, 2.45) is 0 Å². The Morgan fingerprint density at radius 3 is 2.21 bits per heavy atom. The van der Waals surface area contributed by atoms with Crippen molar-refractivity contribution in [3.05, 3.63) is 59.7 Å². The molecule has 3 rings (SSSR count). The molecule has 0 bridgehead atoms. The van der Waals surface area contributed by atoms with Crippen molar-refractivity contribution in [1.82, 2.24) is 9.80 Å². The van der Waals surface area contributed by atoms with Gasteiger partial charge in [0.1, 0.15) is 11.6 Å². The first-order chi connectivity index (χ1) is 13.4. The van der Waals surface area contributed by atoms with Crippen LogP contribution in [0, 0.1) is 11.6 Å². The third-order valence-corrected chi connectivity index (χ3v) is 4.53. The van der Waals surface area contributed by atoms with Gasteiger partial charge in [0.05, 0.1) is 0 Å². The lowest BCUT2D eigenvalue weighted by atomic mass is 10.1. The number of nitrogens with one attached hydrogen (secondary N) is 2. The fourth-order valence-corrected chi connectivity index (χ4v) is 3.15. The number of carbonyl (C=O) groups excluding carboxylic acids is 2. The number of piperazine rings is 1. The van der Waals surface area contributed by atoms with Crippen LogP contribution in [-0.2, 0) is 11.3 Å². The van der Waals surface area contributed by atoms with Crippen molar-refractivity contribution in [3.8, 4) is 0 Å². The molecule has 6 nitrogen and oxygen atoms in total. The predicted octanol–water partition coefficient (Wildman–Crippen LogP) is 3.27. The molecule has 28 heavy (non-hydrogen) atoms. The fraction of sp³-hybridized carbons (Fsp3) is 0.300. The van der Waals surface area contributed by atoms with Gasteiger partial charge in [0, 0.05) is 57.1 Å². The van der Waals surface area contributed by atoms with Gasteiger partial charge in [0.15, 0.2) is 0 Å². The lowest BCUT2D eigenvalue weighted by Crippen LogP contribution is -2.47. The smallest absolute Gasteiger partial charge is 0.323 e. The van der Waals surface area contributed by atoms with Gasteiger partial charge in [0.25, 0.3) is 0 Å². The van der Waals surface area contributed by atoms with Crippen LogP contribution >= 0.6 is 0 Å². The molecule has 0 spiro atoms. The van der Waals surface area contributed by atoms with E-state index in [-0.39, 0.29) is 11.6 Å². The fourth-order valence-electron chi connectivity index (χ4n) is 3.15. The Bertz CT molecular complexity index is 847. The van der Waals surface area contributed by atoms with E-state index in [0.717, 1.165) is 36.9 Å². The average Bonchev–Trinajstić information content (AvgIpc) is 2.61. The minimum Gasteiger partial charge on any atom is -0.340 e. The number of rotatable bonds is 4. The summed E-state index contributed by atoms with van der Waals surface area (Å²) in [5, 5.41) is 5.07. The third kappa shape index (κ3) is 5.50. The monoisotopic (exact) mass is 388 g/mol. The average molecular weight is 388 g/mol. The maximum atomic E-state index is 13.2. The Morgan fingerprint density at radius 2 is 1.57 bits per heavy atom. The molecule has 0 radical (unpaired) electrons. The first-order valence-electron chi connectivity index (χ1n) is 9.00. The zero-order chi connectivity index (χ0) is 20.1. The lowest BCUT2D eigenvalue weighted by Gasteiger charge is -2.34. The Balaban J connectivity index is 1.56. The van der Waals surface area contributed by atoms with E-state index in [2.05, 4.69) is 15.5 Å². The normalized spacial score (nSPS) is 14.6. The van der Waals surface area contributed by atoms with Gasteiger partial charge in [0.2, 0.25) is 5.91 Å². The Hall–Kier alpha value is -3.00. The summed E-state index contributed by atoms with van der Waals surface area (Å²) in [5.41, 5.74) is 1.63. The molecule has 3 amide bonds. The summed E-state index contributed by atoms with van der Waals surface area (Å²) in [6, 6.07) is 9.62. The van der Waals surface area contributed by atoms with Crippen LogP contribution in [0.4, 0.5) is 25.0 Å². The van der Waals surface area contributed by atoms with Gasteiger partial charge < -0.3 is 15.5 Å². The van der Waals surface area contributed by atoms with Crippen LogP contribution in [0.25, 0.3) is 0 Å². The second kappa shape index (κ2) is 8.79. The number of benzene rings is 2. The topological polar surface area (TPSA) is 64.7 Å². The minimum absolute atomic E-state index is 0.0366. The van der Waals surface area contributed by atoms with Crippen molar-refractivity contribution in [3.63, 3.8) is 0 Å². The summed E-state index contributed by atoms with van der Waals surface area (Å²) < 4.78 is 26.4. The molecule has 0 unspecified atom stereocenters. The van der Waals surface area contributed by atoms with Gasteiger partial charge in [-0.25, -0.2) is 13.6 Å². The van der Waals surface area contributed by atoms with Crippen molar-refractivity contribution >= 4 is 23.3 Å². The van der Waals surface area contributed by atoms with Crippen LogP contribution in [0.5, 0.6) is 0 Å². The number of carbonyl (C=O) groups is 2. The molecule has 2 aromatic carbocycles. The van der Waals surface area contributed by atoms with Gasteiger partial charge in [-0.3, -0.25) is 9.69 Å². The van der Waals surface area contributed by atoms with Crippen LogP contribution in [0.15, 0.2) is 42.5 Å². The zero-order valence-corrected chi connectivity index (χ0v) is 15.5. The molecule has 1 saturated heterocycles. The maximum Gasteiger partial charge on any atom is 0.323 e. The highest BCUT2D eigenvalue weighted by Gasteiger charge is 2.18. The highest BCUT2D eigenvalue weighted by Crippen LogP contribution is 2.16. The third-order valence-electron chi connectivity index (χ3n) is 4.53. The van der Waals surface area contributed by atoms with Crippen molar-refractivity contribution in [2.45, 2.75) is 13.5 Å². The van der Waals surface area contributed by atoms with Gasteiger partial charge in [-0.15, -0.1) is 0 Å². The van der Waals surface area contributed by atoms with Gasteiger partial charge in [-0.05, 0) is 29.8 Å². The maximum absolute atomic E-state index is 13.2. The molecule has 0 atom stereocenters. The van der Waals surface area contributed by atoms with E-state index >= 15 is 0 Å². The highest BCUT2D eigenvalue weighted by molar-refractivity contribution is 5.99. The molecule has 1 heterocycles. The highest BCUT2D eigenvalue weighted by atomic mass is 19.1. The van der Waals surface area contributed by atoms with Gasteiger partial charge >= 0.3 is 6.03 Å². The molecule has 0 aromatic heterocycles. The van der Waals surface area contributed by atoms with Crippen molar-refractivity contribution < 1.29 is 18.4 Å². The second-order valence-electron chi connectivity index (χ2n) is 6.72. The summed E-state index contributed by atoms with van der Waals surface area (Å²) in [5.74, 6) is -1.43. The zero-order valence-electron chi connectivity index (χ0n) is 15.5. The van der Waals surface area contributed by atoms with E-state index in [0.29, 0.717) is 25.3 Å². The molecule has 1 aliphatic heterocycles. The summed E-state index contributed by atoms with van der Waals surface area (Å²) >= 11 is 0. The van der Waals surface area contributed by atoms with Crippen molar-refractivity contribution in [1.29, 1.82) is 0 Å². The molecule has 1 aliphatic rings. The van der Waals surface area contributed by atoms with Crippen LogP contribution in [-0.4, -0.2) is 47.9 Å². The van der Waals surface area contributed by atoms with Crippen LogP contribution in [0.2, 0.25) is 0 Å². The summed E-state index contributed by atoms with van der Waals surface area (Å²) in [6.07, 6.45) is 0. The molecule has 148 valence electrons. The number of hydrogen-bond acceptors (Lipinski definition) is 3. The molecule has 1 fully saturated rings. The SMILES string of the molecule is CC(=O)N1CCN(Cc2cccc(NC(=O)Nc3cc(F)cc(F)c3)c2)CC1. The summed E-state index contributed by atoms with van der Waals surface area (Å²) in [7, 11) is 0. The standard InChI is InChI=1S/C20H22F2N4O2/c1-14(27)26-7-5-25(6-8-26)13-15-3-2-4-18(9-15)23-20(28)24-19-11-16(21)10-17(22)12-19/h2-4,9-12H,5-8,13H2,1H3,(H2,23,24,28). The van der Waals surface area contributed by atoms with Gasteiger partial charge in [-0.1, -0.05) is 12.1 Å². The van der Waals surface area contributed by atoms with Crippen LogP contribution < -0.4 is 10.6 Å². The first kappa shape index (κ1) is 19.8. The quantitative estimate of drug-likeness (QED) is 0.845. The molecule has 2 N–H and O–H groups in total. The van der Waals surface area contributed by atoms with E-state index in [9.17, 15) is 18.4 Å². The summed E-state index contributed by atoms with van der Waals surface area (Å²) in [6.45, 7) is 5.29. The summed E-state index contributed by atoms with van der Waals surface area (Å²) in [4.78, 5) is 27.6. The number of amides is 3. The molecular formula is C20H22F2N4O2. The van der Waals surface area contributed by atoms with Crippen LogP contribution in [0.3, 0.4) is 0 Å². The molecule has 0 aliphatic carbocycles. The Labute approximate surface area is 162 Å². The number of anilines is 2. The molecular weight excluding hydrogens is 366 g/mol.